The van der Waals surface area contributed by atoms with Crippen molar-refractivity contribution in [2.75, 3.05) is 33.0 Å². The first kappa shape index (κ1) is 104. The van der Waals surface area contributed by atoms with Gasteiger partial charge in [-0.2, -0.15) is 10.1 Å². The number of nitrogens with one attached hydrogen (secondary N) is 4. The van der Waals surface area contributed by atoms with Crippen molar-refractivity contribution in [1.29, 1.82) is 0 Å². The summed E-state index contributed by atoms with van der Waals surface area (Å²) in [5, 5.41) is 97.7. The number of ether oxygens (including phenoxy) is 12. The molecule has 6 aliphatic rings. The number of fused-ring (bicyclic) bond motifs is 3. The first-order valence-corrected chi connectivity index (χ1v) is 35.6. The Labute approximate surface area is 710 Å². The van der Waals surface area contributed by atoms with E-state index in [2.05, 4.69) is 86.0 Å². The Morgan fingerprint density at radius 2 is 0.750 bits per heavy atom. The Balaban J connectivity index is 0.000000278. The maximum Gasteiger partial charge on any atom is 0.330 e. The molecule has 6 aromatic rings. The maximum atomic E-state index is 12.2. The number of aliphatic hydroxyl groups excluding tert-OH is 8. The van der Waals surface area contributed by atoms with Gasteiger partial charge in [-0.3, -0.25) is 95.5 Å². The van der Waals surface area contributed by atoms with Gasteiger partial charge in [-0.1, -0.05) is 40.4 Å². The standard InChI is InChI=1S/2C15H17N5O9.2C9H11N5O6.C9H9N5O5.C6H11N3.2CH4/c2*1-7(21)26-6-15(18-19-16)12(28-9(3)23)11(27-8(2)22)13(29-15)20-5-4-10(24)17-14(20)25;2*10-13-12-9(3-15)6(18)5(17)7(20-9)14-2-1-4(16)11-8(14)19;10-13-12-9(3-15)6(17)5-7(19-9)14-2-1-4(16)11-8(14)18-5;1-6(2,3)9-5-7-4-8-9;;/h2*4-5,11-13H,6H2,1-3H3,(H,17,24,25);2*1-2,5-7,15,17-18H,3H2,(H,11,16,19);1-2,5-7,15,17H,3H2;4-5H,1-3H3;2*1H4/t2*11-,12-,13+,15+;5-,6+,7-,9-;2*5-,6-,7+,9+;;;/m00100.../s1. The molecule has 694 valence electrons. The van der Waals surface area contributed by atoms with Crippen molar-refractivity contribution in [3.8, 4) is 6.01 Å². The quantitative estimate of drug-likeness (QED) is 0.0113. The van der Waals surface area contributed by atoms with Crippen molar-refractivity contribution < 1.29 is 126 Å². The molecule has 12 heterocycles. The van der Waals surface area contributed by atoms with E-state index in [1.54, 1.807) is 12.7 Å². The van der Waals surface area contributed by atoms with Crippen molar-refractivity contribution in [1.82, 2.24) is 62.5 Å². The third-order valence-corrected chi connectivity index (χ3v) is 17.7. The van der Waals surface area contributed by atoms with E-state index in [9.17, 15) is 113 Å². The molecule has 0 unspecified atom stereocenters. The largest absolute Gasteiger partial charge is 0.462 e. The molecule has 6 aliphatic heterocycles. The molecule has 128 heavy (non-hydrogen) atoms. The first-order chi connectivity index (χ1) is 59.3. The normalized spacial score (nSPS) is 27.9. The van der Waals surface area contributed by atoms with Crippen LogP contribution in [0.5, 0.6) is 6.01 Å². The fourth-order valence-electron chi connectivity index (χ4n) is 12.1. The Hall–Kier alpha value is -14.6. The predicted octanol–water partition coefficient (Wildman–Crippen LogP) is -4.23. The van der Waals surface area contributed by atoms with Gasteiger partial charge in [0.25, 0.3) is 27.8 Å². The zero-order chi connectivity index (χ0) is 93.9. The smallest absolute Gasteiger partial charge is 0.330 e. The molecule has 63 heteroatoms. The fourth-order valence-corrected chi connectivity index (χ4v) is 12.1. The number of hydrogen-bond donors (Lipinski definition) is 12. The second-order valence-electron chi connectivity index (χ2n) is 27.4. The predicted molar refractivity (Wildman–Crippen MR) is 413 cm³/mol. The van der Waals surface area contributed by atoms with Crippen molar-refractivity contribution in [2.24, 2.45) is 25.6 Å². The van der Waals surface area contributed by atoms with Gasteiger partial charge in [-0.05, 0) is 48.4 Å². The topological polar surface area (TPSA) is 904 Å². The van der Waals surface area contributed by atoms with E-state index in [1.807, 2.05) is 24.6 Å². The average Bonchev–Trinajstić information content (AvgIpc) is 1.58. The molecule has 0 radical (unpaired) electrons. The highest BCUT2D eigenvalue weighted by molar-refractivity contribution is 5.69. The molecule has 63 nitrogen and oxygen atoms in total. The number of esters is 6. The number of azide groups is 5. The minimum atomic E-state index is -2.16. The summed E-state index contributed by atoms with van der Waals surface area (Å²) >= 11 is 0. The lowest BCUT2D eigenvalue weighted by Crippen LogP contribution is -2.49. The van der Waals surface area contributed by atoms with E-state index < -0.39 is 240 Å². The number of aromatic amines is 4. The van der Waals surface area contributed by atoms with Crippen molar-refractivity contribution in [2.45, 2.75) is 204 Å². The zero-order valence-electron chi connectivity index (χ0n) is 66.5. The number of rotatable bonds is 20. The van der Waals surface area contributed by atoms with Gasteiger partial charge in [0.05, 0.1) is 25.4 Å². The van der Waals surface area contributed by atoms with E-state index in [4.69, 9.17) is 84.5 Å². The molecule has 5 saturated heterocycles. The number of carbonyl (C=O) groups excluding carboxylic acids is 6. The van der Waals surface area contributed by atoms with Crippen LogP contribution >= 0.6 is 0 Å². The van der Waals surface area contributed by atoms with E-state index in [0.717, 1.165) is 109 Å². The van der Waals surface area contributed by atoms with Gasteiger partial charge in [0.1, 0.15) is 56.4 Å². The lowest BCUT2D eigenvalue weighted by atomic mass is 10.0. The molecule has 0 aliphatic carbocycles. The van der Waals surface area contributed by atoms with Crippen LogP contribution in [0.1, 0.15) is 108 Å². The lowest BCUT2D eigenvalue weighted by Gasteiger charge is -2.29. The van der Waals surface area contributed by atoms with Crippen LogP contribution in [0.3, 0.4) is 0 Å². The van der Waals surface area contributed by atoms with Gasteiger partial charge in [0.15, 0.2) is 61.7 Å². The Morgan fingerprint density at radius 1 is 0.445 bits per heavy atom. The minimum absolute atomic E-state index is 0. The SMILES string of the molecule is C.C.CC(=O)OC[C@@]1(N=[N+]=[N-])O[C@@H](n2ccc(=O)[nH]c2=O)[C@@H](OC(C)=O)[C@@H]1OC(C)=O.CC(=O)OC[C@@]1(N=[N+]=[N-])O[C@@H](n2ccc(=O)[nH]c2=O)[C@@H](OC(C)=O)[C@@H]1OC(C)=O.CC(C)(C)n1cncn1.[N-]=[N+]=N[C@]1(CO)O[C@@H](n2ccc(=O)[nH]c2=O)[C@@H](O)[C@@H]1O.[N-]=[N+]=N[C@]1(CO)O[C@@H](n2ccc(=O)[nH]c2=O)[C@H](O)[C@@H]1O.[N-]=[N+]=N[C@]1(CO)O[C@@H]2[C@@H](Oc3nc(=O)ccn32)[C@@H]1O. The van der Waals surface area contributed by atoms with Crippen LogP contribution in [0, 0.1) is 0 Å². The Morgan fingerprint density at radius 3 is 1.03 bits per heavy atom. The van der Waals surface area contributed by atoms with Crippen LogP contribution in [0.2, 0.25) is 0 Å². The highest BCUT2D eigenvalue weighted by Gasteiger charge is 2.64. The Bertz CT molecular complexity index is 5560. The van der Waals surface area contributed by atoms with Crippen LogP contribution in [-0.2, 0) is 86.4 Å². The summed E-state index contributed by atoms with van der Waals surface area (Å²) in [7, 11) is 0. The minimum Gasteiger partial charge on any atom is -0.462 e. The van der Waals surface area contributed by atoms with Gasteiger partial charge in [-0.15, -0.1) is 0 Å². The highest BCUT2D eigenvalue weighted by Crippen LogP contribution is 2.47. The fraction of sp³-hybridized carbons (Fsp3) is 0.569. The number of aromatic nitrogens is 13. The number of aliphatic hydroxyl groups is 8. The molecule has 6 aromatic heterocycles. The number of hydrogen-bond acceptors (Lipinski definition) is 43. The second kappa shape index (κ2) is 43.8. The Kier molecular flexibility index (Phi) is 35.6. The van der Waals surface area contributed by atoms with Gasteiger partial charge >= 0.3 is 64.6 Å². The van der Waals surface area contributed by atoms with Gasteiger partial charge in [0.2, 0.25) is 28.6 Å². The number of nitrogens with zero attached hydrogens (tertiary/aromatic N) is 24. The van der Waals surface area contributed by atoms with Crippen LogP contribution < -0.4 is 55.3 Å². The summed E-state index contributed by atoms with van der Waals surface area (Å²) in [5.74, 6) is -4.91. The van der Waals surface area contributed by atoms with Crippen LogP contribution in [-0.4, -0.2) is 262 Å². The summed E-state index contributed by atoms with van der Waals surface area (Å²) in [6, 6.07) is 5.23. The summed E-state index contributed by atoms with van der Waals surface area (Å²) < 4.78 is 69.2. The van der Waals surface area contributed by atoms with Crippen molar-refractivity contribution in [3.05, 3.63) is 220 Å². The van der Waals surface area contributed by atoms with Crippen LogP contribution in [0.15, 0.2) is 143 Å². The second-order valence-corrected chi connectivity index (χ2v) is 27.4. The van der Waals surface area contributed by atoms with Gasteiger partial charge in [-0.25, -0.2) is 28.8 Å². The third-order valence-electron chi connectivity index (χ3n) is 17.7. The summed E-state index contributed by atoms with van der Waals surface area (Å²) in [6.45, 7) is 8.67. The summed E-state index contributed by atoms with van der Waals surface area (Å²) in [4.78, 5) is 200. The number of H-pyrrole nitrogens is 4. The molecule has 0 saturated carbocycles. The van der Waals surface area contributed by atoms with E-state index in [-0.39, 0.29) is 26.4 Å². The average molecular weight is 1820 g/mol. The molecule has 0 bridgehead atoms. The summed E-state index contributed by atoms with van der Waals surface area (Å²) in [5.41, 5.74) is 26.3. The van der Waals surface area contributed by atoms with Crippen molar-refractivity contribution in [3.63, 3.8) is 0 Å². The van der Waals surface area contributed by atoms with Crippen LogP contribution in [0.4, 0.5) is 0 Å². The monoisotopic (exact) mass is 1820 g/mol. The highest BCUT2D eigenvalue weighted by atomic mass is 16.7. The van der Waals surface area contributed by atoms with E-state index >= 15 is 0 Å². The summed E-state index contributed by atoms with van der Waals surface area (Å²) in [6.07, 6.45) is -13.0. The molecule has 12 rings (SSSR count). The molecule has 0 aromatic carbocycles. The van der Waals surface area contributed by atoms with Gasteiger partial charge in [0, 0.05) is 127 Å². The van der Waals surface area contributed by atoms with Gasteiger partial charge < -0.3 is 97.7 Å². The molecular formula is C65H84N28O35. The molecule has 12 N–H and O–H groups in total. The molecule has 0 spiro atoms. The number of carbonyl (C=O) groups is 6. The molecule has 0 amide bonds. The van der Waals surface area contributed by atoms with Crippen LogP contribution in [0.25, 0.3) is 52.2 Å². The van der Waals surface area contributed by atoms with E-state index in [1.165, 1.54) is 16.8 Å². The first-order valence-electron chi connectivity index (χ1n) is 35.6. The van der Waals surface area contributed by atoms with Crippen molar-refractivity contribution >= 4 is 35.8 Å². The zero-order valence-corrected chi connectivity index (χ0v) is 66.5. The molecular weight excluding hydrogens is 1730 g/mol. The maximum absolute atomic E-state index is 12.2. The molecule has 20 atom stereocenters. The lowest BCUT2D eigenvalue weighted by molar-refractivity contribution is -0.177. The van der Waals surface area contributed by atoms with E-state index in [0.29, 0.717) is 0 Å². The third kappa shape index (κ3) is 23.7. The molecule has 5 fully saturated rings.